The van der Waals surface area contributed by atoms with Crippen molar-refractivity contribution < 1.29 is 28.1 Å². The first-order valence-electron chi connectivity index (χ1n) is 16.4. The zero-order valence-corrected chi connectivity index (χ0v) is 28.5. The van der Waals surface area contributed by atoms with Crippen molar-refractivity contribution in [3.8, 4) is 11.5 Å². The highest BCUT2D eigenvalue weighted by Gasteiger charge is 2.53. The molecule has 0 aromatic heterocycles. The van der Waals surface area contributed by atoms with Gasteiger partial charge in [0.25, 0.3) is 0 Å². The third-order valence-corrected chi connectivity index (χ3v) is 10.6. The van der Waals surface area contributed by atoms with Crippen LogP contribution >= 0.6 is 0 Å². The summed E-state index contributed by atoms with van der Waals surface area (Å²) >= 11 is 0. The van der Waals surface area contributed by atoms with Gasteiger partial charge in [0.2, 0.25) is 0 Å². The molecule has 0 radical (unpaired) electrons. The molecule has 4 aliphatic heterocycles. The number of fused-ring (bicyclic) bond motifs is 2. The van der Waals surface area contributed by atoms with Crippen LogP contribution < -0.4 is 20.4 Å². The maximum Gasteiger partial charge on any atom is 0.494 e. The van der Waals surface area contributed by atoms with E-state index in [-0.39, 0.29) is 36.6 Å². The lowest BCUT2D eigenvalue weighted by Crippen LogP contribution is -2.41. The predicted molar refractivity (Wildman–Crippen MR) is 180 cm³/mol. The van der Waals surface area contributed by atoms with Gasteiger partial charge in [0.05, 0.1) is 22.4 Å². The Labute approximate surface area is 274 Å². The van der Waals surface area contributed by atoms with Gasteiger partial charge in [-0.3, -0.25) is 9.80 Å². The lowest BCUT2D eigenvalue weighted by Gasteiger charge is -2.32. The molecule has 2 fully saturated rings. The summed E-state index contributed by atoms with van der Waals surface area (Å²) in [6.45, 7) is 21.0. The molecule has 0 spiro atoms. The van der Waals surface area contributed by atoms with Gasteiger partial charge in [-0.1, -0.05) is 48.5 Å². The van der Waals surface area contributed by atoms with Crippen LogP contribution in [0.3, 0.4) is 0 Å². The summed E-state index contributed by atoms with van der Waals surface area (Å²) in [5.41, 5.74) is 5.40. The zero-order chi connectivity index (χ0) is 32.5. The average molecular weight is 624 g/mol. The largest absolute Gasteiger partial charge is 0.494 e. The van der Waals surface area contributed by atoms with Crippen molar-refractivity contribution in [3.05, 3.63) is 82.9 Å². The van der Waals surface area contributed by atoms with E-state index >= 15 is 0 Å². The quantitative estimate of drug-likeness (QED) is 0.356. The van der Waals surface area contributed by atoms with Crippen LogP contribution in [-0.4, -0.2) is 59.9 Å². The lowest BCUT2D eigenvalue weighted by molar-refractivity contribution is 0.00578. The van der Waals surface area contributed by atoms with Crippen molar-refractivity contribution in [1.82, 2.24) is 9.80 Å². The van der Waals surface area contributed by atoms with Crippen LogP contribution in [0.1, 0.15) is 77.6 Å². The highest BCUT2D eigenvalue weighted by atomic mass is 16.7. The molecule has 2 saturated heterocycles. The fourth-order valence-electron chi connectivity index (χ4n) is 6.34. The molecular weight excluding hydrogens is 578 g/mol. The highest BCUT2D eigenvalue weighted by Crippen LogP contribution is 2.38. The maximum atomic E-state index is 6.29. The van der Waals surface area contributed by atoms with Gasteiger partial charge in [0.1, 0.15) is 25.0 Å². The minimum atomic E-state index is -0.380. The highest BCUT2D eigenvalue weighted by molar-refractivity contribution is 6.62. The van der Waals surface area contributed by atoms with Gasteiger partial charge in [-0.15, -0.1) is 0 Å². The fourth-order valence-corrected chi connectivity index (χ4v) is 6.34. The molecule has 3 aromatic carbocycles. The second kappa shape index (κ2) is 11.4. The Hall–Kier alpha value is -2.85. The Balaban J connectivity index is 0.954. The van der Waals surface area contributed by atoms with E-state index in [9.17, 15) is 0 Å². The Morgan fingerprint density at radius 3 is 1.22 bits per heavy atom. The van der Waals surface area contributed by atoms with E-state index < -0.39 is 0 Å². The SMILES string of the molecule is CC1(C)OB(c2ccc3c(c2)CN(Cc2ccc(CN4COc5ccc(B6OC(C)(C)C(C)(C)O6)cc5C4)cc2)CO3)OC1(C)C. The van der Waals surface area contributed by atoms with E-state index in [0.29, 0.717) is 13.5 Å². The maximum absolute atomic E-state index is 6.29. The number of rotatable bonds is 6. The first kappa shape index (κ1) is 31.7. The molecule has 0 saturated carbocycles. The standard InChI is InChI=1S/C36H46B2N2O6/c1-33(2)34(3,4)44-37(43-33)29-13-15-31-27(17-29)21-39(23-41-31)19-25-9-11-26(12-10-25)20-40-22-28-18-30(14-16-32(28)42-24-40)38-45-35(5,6)36(7,8)46-38/h9-18H,19-24H2,1-8H3. The smallest absolute Gasteiger partial charge is 0.478 e. The first-order valence-corrected chi connectivity index (χ1v) is 16.4. The third-order valence-electron chi connectivity index (χ3n) is 10.6. The molecule has 0 aliphatic carbocycles. The van der Waals surface area contributed by atoms with E-state index in [2.05, 4.69) is 114 Å². The second-order valence-electron chi connectivity index (χ2n) is 15.2. The van der Waals surface area contributed by atoms with Crippen LogP contribution in [-0.2, 0) is 44.8 Å². The number of nitrogens with zero attached hydrogens (tertiary/aromatic N) is 2. The van der Waals surface area contributed by atoms with Crippen molar-refractivity contribution in [3.63, 3.8) is 0 Å². The topological polar surface area (TPSA) is 61.9 Å². The number of ether oxygens (including phenoxy) is 2. The van der Waals surface area contributed by atoms with Gasteiger partial charge in [0, 0.05) is 37.3 Å². The van der Waals surface area contributed by atoms with Crippen LogP contribution in [0, 0.1) is 0 Å². The summed E-state index contributed by atoms with van der Waals surface area (Å²) in [5, 5.41) is 0. The Kier molecular flexibility index (Phi) is 7.86. The van der Waals surface area contributed by atoms with E-state index in [1.54, 1.807) is 0 Å². The van der Waals surface area contributed by atoms with E-state index in [0.717, 1.165) is 59.7 Å². The summed E-state index contributed by atoms with van der Waals surface area (Å²) in [4.78, 5) is 4.64. The van der Waals surface area contributed by atoms with Crippen molar-refractivity contribution in [2.75, 3.05) is 13.5 Å². The molecule has 10 heteroatoms. The summed E-state index contributed by atoms with van der Waals surface area (Å²) in [7, 11) is -0.761. The second-order valence-corrected chi connectivity index (χ2v) is 15.2. The van der Waals surface area contributed by atoms with Gasteiger partial charge in [-0.2, -0.15) is 0 Å². The van der Waals surface area contributed by atoms with Gasteiger partial charge in [0.15, 0.2) is 0 Å². The molecule has 4 heterocycles. The molecule has 0 amide bonds. The summed E-state index contributed by atoms with van der Waals surface area (Å²) in [5.74, 6) is 1.86. The van der Waals surface area contributed by atoms with Gasteiger partial charge < -0.3 is 28.1 Å². The van der Waals surface area contributed by atoms with Gasteiger partial charge in [-0.25, -0.2) is 0 Å². The van der Waals surface area contributed by atoms with E-state index in [1.807, 2.05) is 12.1 Å². The summed E-state index contributed by atoms with van der Waals surface area (Å²) < 4.78 is 37.4. The number of hydrogen-bond donors (Lipinski definition) is 0. The first-order chi connectivity index (χ1) is 21.7. The van der Waals surface area contributed by atoms with Crippen molar-refractivity contribution >= 4 is 25.2 Å². The van der Waals surface area contributed by atoms with Crippen molar-refractivity contribution in [2.24, 2.45) is 0 Å². The number of benzene rings is 3. The summed E-state index contributed by atoms with van der Waals surface area (Å²) in [6.07, 6.45) is 0. The van der Waals surface area contributed by atoms with Crippen LogP contribution in [0.2, 0.25) is 0 Å². The van der Waals surface area contributed by atoms with Crippen LogP contribution in [0.15, 0.2) is 60.7 Å². The van der Waals surface area contributed by atoms with Crippen molar-refractivity contribution in [2.45, 2.75) is 104 Å². The molecule has 4 aliphatic rings. The minimum Gasteiger partial charge on any atom is -0.478 e. The molecule has 0 unspecified atom stereocenters. The monoisotopic (exact) mass is 624 g/mol. The molecule has 8 nitrogen and oxygen atoms in total. The third kappa shape index (κ3) is 6.00. The Morgan fingerprint density at radius 2 is 0.870 bits per heavy atom. The molecular formula is C36H46B2N2O6. The van der Waals surface area contributed by atoms with Gasteiger partial charge in [-0.05, 0) is 89.6 Å². The van der Waals surface area contributed by atoms with E-state index in [4.69, 9.17) is 28.1 Å². The Morgan fingerprint density at radius 1 is 0.522 bits per heavy atom. The molecule has 0 bridgehead atoms. The minimum absolute atomic E-state index is 0.369. The predicted octanol–water partition coefficient (Wildman–Crippen LogP) is 4.99. The molecule has 242 valence electrons. The Bertz CT molecular complexity index is 1460. The summed E-state index contributed by atoms with van der Waals surface area (Å²) in [6, 6.07) is 21.4. The van der Waals surface area contributed by atoms with E-state index in [1.165, 1.54) is 11.1 Å². The normalized spacial score (nSPS) is 23.0. The van der Waals surface area contributed by atoms with Crippen LogP contribution in [0.4, 0.5) is 0 Å². The average Bonchev–Trinajstić information content (AvgIpc) is 3.36. The van der Waals surface area contributed by atoms with Crippen LogP contribution in [0.25, 0.3) is 0 Å². The zero-order valence-electron chi connectivity index (χ0n) is 28.5. The fraction of sp³-hybridized carbons (Fsp3) is 0.500. The van der Waals surface area contributed by atoms with Crippen molar-refractivity contribution in [1.29, 1.82) is 0 Å². The molecule has 0 atom stereocenters. The van der Waals surface area contributed by atoms with Gasteiger partial charge >= 0.3 is 14.2 Å². The molecule has 7 rings (SSSR count). The molecule has 0 N–H and O–H groups in total. The lowest BCUT2D eigenvalue weighted by atomic mass is 9.78. The molecule has 46 heavy (non-hydrogen) atoms. The number of hydrogen-bond acceptors (Lipinski definition) is 8. The van der Waals surface area contributed by atoms with Crippen LogP contribution in [0.5, 0.6) is 11.5 Å². The molecule has 3 aromatic rings.